The topological polar surface area (TPSA) is 56.1 Å². The number of ether oxygens (including phenoxy) is 1. The third-order valence-corrected chi connectivity index (χ3v) is 4.48. The largest absolute Gasteiger partial charge is 0.497 e. The van der Waals surface area contributed by atoms with Crippen molar-refractivity contribution in [3.8, 4) is 11.4 Å². The van der Waals surface area contributed by atoms with Crippen molar-refractivity contribution in [3.63, 3.8) is 0 Å². The Kier molecular flexibility index (Phi) is 5.28. The maximum atomic E-state index is 12.4. The standard InChI is InChI=1S/C20H20ClN3O2/c1-13-19(12-20(25)22-16-6-10-18(26-3)11-7-16)14(2)24(23-13)17-8-4-15(21)5-9-17/h4-11H,12H2,1-3H3,(H,22,25). The van der Waals surface area contributed by atoms with Gasteiger partial charge >= 0.3 is 0 Å². The van der Waals surface area contributed by atoms with Gasteiger partial charge in [-0.2, -0.15) is 5.10 Å². The van der Waals surface area contributed by atoms with Crippen molar-refractivity contribution in [1.29, 1.82) is 0 Å². The van der Waals surface area contributed by atoms with E-state index in [4.69, 9.17) is 16.3 Å². The van der Waals surface area contributed by atoms with Crippen molar-refractivity contribution in [2.75, 3.05) is 12.4 Å². The number of carbonyl (C=O) groups excluding carboxylic acids is 1. The molecule has 1 N–H and O–H groups in total. The lowest BCUT2D eigenvalue weighted by atomic mass is 10.1. The van der Waals surface area contributed by atoms with E-state index < -0.39 is 0 Å². The monoisotopic (exact) mass is 369 g/mol. The second kappa shape index (κ2) is 7.62. The van der Waals surface area contributed by atoms with E-state index in [0.29, 0.717) is 5.02 Å². The number of benzene rings is 2. The molecule has 0 spiro atoms. The highest BCUT2D eigenvalue weighted by Crippen LogP contribution is 2.21. The van der Waals surface area contributed by atoms with Gasteiger partial charge in [0.05, 0.1) is 24.9 Å². The number of amides is 1. The van der Waals surface area contributed by atoms with E-state index in [2.05, 4.69) is 10.4 Å². The zero-order valence-corrected chi connectivity index (χ0v) is 15.7. The Hall–Kier alpha value is -2.79. The molecule has 1 aromatic heterocycles. The minimum atomic E-state index is -0.0861. The first kappa shape index (κ1) is 18.0. The molecular weight excluding hydrogens is 350 g/mol. The van der Waals surface area contributed by atoms with Crippen molar-refractivity contribution in [2.45, 2.75) is 20.3 Å². The van der Waals surface area contributed by atoms with Crippen LogP contribution >= 0.6 is 11.6 Å². The third kappa shape index (κ3) is 3.89. The van der Waals surface area contributed by atoms with Gasteiger partial charge in [-0.05, 0) is 62.4 Å². The number of anilines is 1. The van der Waals surface area contributed by atoms with Crippen molar-refractivity contribution in [2.24, 2.45) is 0 Å². The maximum Gasteiger partial charge on any atom is 0.228 e. The van der Waals surface area contributed by atoms with E-state index in [1.54, 1.807) is 7.11 Å². The third-order valence-electron chi connectivity index (χ3n) is 4.22. The molecule has 6 heteroatoms. The lowest BCUT2D eigenvalue weighted by Crippen LogP contribution is -2.15. The molecule has 0 aliphatic rings. The van der Waals surface area contributed by atoms with Crippen LogP contribution in [0.2, 0.25) is 5.02 Å². The van der Waals surface area contributed by atoms with E-state index in [-0.39, 0.29) is 12.3 Å². The highest BCUT2D eigenvalue weighted by molar-refractivity contribution is 6.30. The molecule has 0 saturated heterocycles. The van der Waals surface area contributed by atoms with Crippen LogP contribution in [0.3, 0.4) is 0 Å². The van der Waals surface area contributed by atoms with Crippen LogP contribution in [-0.4, -0.2) is 22.8 Å². The molecule has 0 aliphatic carbocycles. The quantitative estimate of drug-likeness (QED) is 0.728. The average Bonchev–Trinajstić information content (AvgIpc) is 2.91. The molecule has 0 saturated carbocycles. The van der Waals surface area contributed by atoms with Gasteiger partial charge in [0.15, 0.2) is 0 Å². The van der Waals surface area contributed by atoms with Gasteiger partial charge in [-0.1, -0.05) is 11.6 Å². The first-order valence-corrected chi connectivity index (χ1v) is 8.60. The van der Waals surface area contributed by atoms with Crippen molar-refractivity contribution in [3.05, 3.63) is 70.5 Å². The molecule has 1 amide bonds. The normalized spacial score (nSPS) is 10.6. The van der Waals surface area contributed by atoms with Crippen LogP contribution in [0.5, 0.6) is 5.75 Å². The number of rotatable bonds is 5. The van der Waals surface area contributed by atoms with Gasteiger partial charge in [0, 0.05) is 22.0 Å². The number of aryl methyl sites for hydroxylation is 1. The molecule has 0 fully saturated rings. The zero-order chi connectivity index (χ0) is 18.7. The number of halogens is 1. The van der Waals surface area contributed by atoms with Gasteiger partial charge in [-0.15, -0.1) is 0 Å². The van der Waals surface area contributed by atoms with Crippen LogP contribution in [0, 0.1) is 13.8 Å². The van der Waals surface area contributed by atoms with Gasteiger partial charge in [-0.3, -0.25) is 4.79 Å². The van der Waals surface area contributed by atoms with E-state index in [0.717, 1.165) is 34.1 Å². The highest BCUT2D eigenvalue weighted by Gasteiger charge is 2.16. The minimum absolute atomic E-state index is 0.0861. The summed E-state index contributed by atoms with van der Waals surface area (Å²) in [6.07, 6.45) is 0.261. The highest BCUT2D eigenvalue weighted by atomic mass is 35.5. The summed E-state index contributed by atoms with van der Waals surface area (Å²) in [5.41, 5.74) is 4.34. The Bertz CT molecular complexity index is 915. The SMILES string of the molecule is COc1ccc(NC(=O)Cc2c(C)nn(-c3ccc(Cl)cc3)c2C)cc1. The molecule has 0 radical (unpaired) electrons. The molecule has 0 aliphatic heterocycles. The lowest BCUT2D eigenvalue weighted by Gasteiger charge is -2.08. The summed E-state index contributed by atoms with van der Waals surface area (Å²) in [6, 6.07) is 14.7. The van der Waals surface area contributed by atoms with Gasteiger partial charge < -0.3 is 10.1 Å². The van der Waals surface area contributed by atoms with Crippen LogP contribution in [-0.2, 0) is 11.2 Å². The molecule has 3 aromatic rings. The Morgan fingerprint density at radius 2 is 1.77 bits per heavy atom. The fourth-order valence-corrected chi connectivity index (χ4v) is 2.93. The summed E-state index contributed by atoms with van der Waals surface area (Å²) in [7, 11) is 1.61. The summed E-state index contributed by atoms with van der Waals surface area (Å²) in [5, 5.41) is 8.15. The van der Waals surface area contributed by atoms with Gasteiger partial charge in [0.1, 0.15) is 5.75 Å². The van der Waals surface area contributed by atoms with E-state index in [9.17, 15) is 4.79 Å². The Morgan fingerprint density at radius 3 is 2.38 bits per heavy atom. The number of nitrogens with zero attached hydrogens (tertiary/aromatic N) is 2. The van der Waals surface area contributed by atoms with E-state index in [1.807, 2.05) is 67.1 Å². The van der Waals surface area contributed by atoms with Gasteiger partial charge in [-0.25, -0.2) is 4.68 Å². The predicted octanol–water partition coefficient (Wildman–Crippen LogP) is 4.33. The van der Waals surface area contributed by atoms with Crippen LogP contribution in [0.1, 0.15) is 17.0 Å². The van der Waals surface area contributed by atoms with Crippen LogP contribution in [0.25, 0.3) is 5.69 Å². The fraction of sp³-hybridized carbons (Fsp3) is 0.200. The van der Waals surface area contributed by atoms with Gasteiger partial charge in [0.25, 0.3) is 0 Å². The zero-order valence-electron chi connectivity index (χ0n) is 14.9. The fourth-order valence-electron chi connectivity index (χ4n) is 2.80. The minimum Gasteiger partial charge on any atom is -0.497 e. The van der Waals surface area contributed by atoms with Crippen LogP contribution in [0.4, 0.5) is 5.69 Å². The van der Waals surface area contributed by atoms with Crippen molar-refractivity contribution >= 4 is 23.2 Å². The average molecular weight is 370 g/mol. The molecule has 0 unspecified atom stereocenters. The molecule has 1 heterocycles. The molecule has 0 bridgehead atoms. The molecule has 3 rings (SSSR count). The lowest BCUT2D eigenvalue weighted by molar-refractivity contribution is -0.115. The first-order chi connectivity index (χ1) is 12.5. The Labute approximate surface area is 157 Å². The summed E-state index contributed by atoms with van der Waals surface area (Å²) >= 11 is 5.95. The smallest absolute Gasteiger partial charge is 0.228 e. The number of methoxy groups -OCH3 is 1. The van der Waals surface area contributed by atoms with Crippen LogP contribution in [0.15, 0.2) is 48.5 Å². The first-order valence-electron chi connectivity index (χ1n) is 8.23. The second-order valence-corrected chi connectivity index (χ2v) is 6.43. The summed E-state index contributed by atoms with van der Waals surface area (Å²) in [6.45, 7) is 3.88. The van der Waals surface area contributed by atoms with Crippen LogP contribution < -0.4 is 10.1 Å². The molecule has 2 aromatic carbocycles. The summed E-state index contributed by atoms with van der Waals surface area (Å²) in [4.78, 5) is 12.4. The molecule has 0 atom stereocenters. The number of carbonyl (C=O) groups is 1. The predicted molar refractivity (Wildman–Crippen MR) is 103 cm³/mol. The van der Waals surface area contributed by atoms with E-state index in [1.165, 1.54) is 0 Å². The van der Waals surface area contributed by atoms with Crippen molar-refractivity contribution in [1.82, 2.24) is 9.78 Å². The van der Waals surface area contributed by atoms with E-state index >= 15 is 0 Å². The number of aromatic nitrogens is 2. The molecule has 5 nitrogen and oxygen atoms in total. The Balaban J connectivity index is 1.76. The molecule has 26 heavy (non-hydrogen) atoms. The number of hydrogen-bond donors (Lipinski definition) is 1. The summed E-state index contributed by atoms with van der Waals surface area (Å²) < 4.78 is 6.96. The van der Waals surface area contributed by atoms with Crippen molar-refractivity contribution < 1.29 is 9.53 Å². The van der Waals surface area contributed by atoms with Gasteiger partial charge in [0.2, 0.25) is 5.91 Å². The summed E-state index contributed by atoms with van der Waals surface area (Å²) in [5.74, 6) is 0.663. The molecule has 134 valence electrons. The Morgan fingerprint density at radius 1 is 1.12 bits per heavy atom. The maximum absolute atomic E-state index is 12.4. The number of hydrogen-bond acceptors (Lipinski definition) is 3. The number of nitrogens with one attached hydrogen (secondary N) is 1. The second-order valence-electron chi connectivity index (χ2n) is 5.99. The molecular formula is C20H20ClN3O2.